The zero-order chi connectivity index (χ0) is 10.6. The maximum Gasteiger partial charge on any atom is 0.150 e. The van der Waals surface area contributed by atoms with Crippen LogP contribution in [0.3, 0.4) is 0 Å². The Kier molecular flexibility index (Phi) is 2.99. The molecule has 0 radical (unpaired) electrons. The average Bonchev–Trinajstić information content (AvgIpc) is 2.21. The molecule has 0 aliphatic heterocycles. The number of nitrogens with zero attached hydrogens (tertiary/aromatic N) is 2. The molecule has 3 nitrogen and oxygen atoms in total. The summed E-state index contributed by atoms with van der Waals surface area (Å²) in [6.07, 6.45) is 0.930. The van der Waals surface area contributed by atoms with Gasteiger partial charge in [-0.25, -0.2) is 0 Å². The number of aldehydes is 1. The Bertz CT molecular complexity index is 450. The van der Waals surface area contributed by atoms with Crippen molar-refractivity contribution in [2.45, 2.75) is 13.3 Å². The minimum atomic E-state index is 0.224. The van der Waals surface area contributed by atoms with E-state index in [1.54, 1.807) is 13.0 Å². The first kappa shape index (κ1) is 9.95. The van der Waals surface area contributed by atoms with Gasteiger partial charge in [-0.15, -0.1) is 0 Å². The molecule has 0 bridgehead atoms. The Morgan fingerprint density at radius 1 is 1.43 bits per heavy atom. The van der Waals surface area contributed by atoms with Crippen LogP contribution < -0.4 is 0 Å². The molecule has 0 fully saturated rings. The number of rotatable bonds is 2. The van der Waals surface area contributed by atoms with E-state index in [0.29, 0.717) is 17.4 Å². The van der Waals surface area contributed by atoms with E-state index in [2.05, 4.69) is 0 Å². The first-order valence-corrected chi connectivity index (χ1v) is 4.08. The normalized spacial score (nSPS) is 8.79. The van der Waals surface area contributed by atoms with Gasteiger partial charge in [-0.2, -0.15) is 10.5 Å². The Labute approximate surface area is 82.2 Å². The predicted molar refractivity (Wildman–Crippen MR) is 50.6 cm³/mol. The van der Waals surface area contributed by atoms with Gasteiger partial charge in [0.25, 0.3) is 0 Å². The van der Waals surface area contributed by atoms with Crippen LogP contribution in [-0.4, -0.2) is 6.29 Å². The molecule has 0 aliphatic rings. The van der Waals surface area contributed by atoms with Crippen LogP contribution in [0.2, 0.25) is 0 Å². The van der Waals surface area contributed by atoms with Gasteiger partial charge >= 0.3 is 0 Å². The minimum absolute atomic E-state index is 0.224. The molecule has 1 aromatic rings. The second kappa shape index (κ2) is 4.20. The number of carbonyl (C=O) groups is 1. The standard InChI is InChI=1S/C11H8N2O/c1-8-10(2-3-12)4-9(6-13)5-11(8)7-14/h4-5,7H,2H2,1H3. The second-order valence-electron chi connectivity index (χ2n) is 2.91. The monoisotopic (exact) mass is 184 g/mol. The van der Waals surface area contributed by atoms with Gasteiger partial charge < -0.3 is 0 Å². The molecule has 0 heterocycles. The number of hydrogen-bond acceptors (Lipinski definition) is 3. The first-order valence-electron chi connectivity index (χ1n) is 4.08. The van der Waals surface area contributed by atoms with E-state index in [1.807, 2.05) is 12.1 Å². The highest BCUT2D eigenvalue weighted by Crippen LogP contribution is 2.15. The van der Waals surface area contributed by atoms with Gasteiger partial charge in [0.2, 0.25) is 0 Å². The third-order valence-electron chi connectivity index (χ3n) is 2.08. The third-order valence-corrected chi connectivity index (χ3v) is 2.08. The van der Waals surface area contributed by atoms with Gasteiger partial charge in [-0.1, -0.05) is 0 Å². The summed E-state index contributed by atoms with van der Waals surface area (Å²) in [5.74, 6) is 0. The summed E-state index contributed by atoms with van der Waals surface area (Å²) in [5.41, 5.74) is 2.42. The Balaban J connectivity index is 3.37. The smallest absolute Gasteiger partial charge is 0.150 e. The Morgan fingerprint density at radius 2 is 2.14 bits per heavy atom. The average molecular weight is 184 g/mol. The molecule has 1 aromatic carbocycles. The Hall–Kier alpha value is -2.13. The molecule has 0 saturated heterocycles. The maximum atomic E-state index is 10.7. The summed E-state index contributed by atoms with van der Waals surface area (Å²) in [5, 5.41) is 17.2. The molecule has 0 aromatic heterocycles. The van der Waals surface area contributed by atoms with Crippen LogP contribution in [0.25, 0.3) is 0 Å². The molecule has 68 valence electrons. The molecule has 14 heavy (non-hydrogen) atoms. The van der Waals surface area contributed by atoms with Crippen LogP contribution in [-0.2, 0) is 6.42 Å². The maximum absolute atomic E-state index is 10.7. The fourth-order valence-electron chi connectivity index (χ4n) is 1.25. The largest absolute Gasteiger partial charge is 0.298 e. The molecule has 3 heteroatoms. The lowest BCUT2D eigenvalue weighted by molar-refractivity contribution is 0.112. The van der Waals surface area contributed by atoms with E-state index >= 15 is 0 Å². The lowest BCUT2D eigenvalue weighted by Gasteiger charge is -2.04. The third kappa shape index (κ3) is 1.78. The summed E-state index contributed by atoms with van der Waals surface area (Å²) in [6.45, 7) is 1.78. The van der Waals surface area contributed by atoms with Crippen molar-refractivity contribution >= 4 is 6.29 Å². The van der Waals surface area contributed by atoms with E-state index in [4.69, 9.17) is 10.5 Å². The van der Waals surface area contributed by atoms with Gasteiger partial charge in [0.1, 0.15) is 6.29 Å². The minimum Gasteiger partial charge on any atom is -0.298 e. The number of carbonyl (C=O) groups excluding carboxylic acids is 1. The summed E-state index contributed by atoms with van der Waals surface area (Å²) < 4.78 is 0. The molecule has 0 aliphatic carbocycles. The molecule has 0 unspecified atom stereocenters. The highest BCUT2D eigenvalue weighted by atomic mass is 16.1. The van der Waals surface area contributed by atoms with Crippen LogP contribution in [0.1, 0.15) is 27.0 Å². The van der Waals surface area contributed by atoms with E-state index in [1.165, 1.54) is 6.07 Å². The number of benzene rings is 1. The van der Waals surface area contributed by atoms with Crippen LogP contribution >= 0.6 is 0 Å². The summed E-state index contributed by atoms with van der Waals surface area (Å²) in [6, 6.07) is 7.14. The van der Waals surface area contributed by atoms with Crippen molar-refractivity contribution in [3.8, 4) is 12.1 Å². The second-order valence-corrected chi connectivity index (χ2v) is 2.91. The van der Waals surface area contributed by atoms with Crippen LogP contribution in [0, 0.1) is 29.6 Å². The van der Waals surface area contributed by atoms with Gasteiger partial charge in [-0.3, -0.25) is 4.79 Å². The van der Waals surface area contributed by atoms with Gasteiger partial charge in [0.05, 0.1) is 24.1 Å². The molecule has 0 saturated carbocycles. The van der Waals surface area contributed by atoms with Crippen LogP contribution in [0.4, 0.5) is 0 Å². The molecule has 1 rings (SSSR count). The highest BCUT2D eigenvalue weighted by molar-refractivity contribution is 5.78. The van der Waals surface area contributed by atoms with Crippen molar-refractivity contribution in [1.29, 1.82) is 10.5 Å². The molecular weight excluding hydrogens is 176 g/mol. The SMILES string of the molecule is Cc1c(C=O)cc(C#N)cc1CC#N. The predicted octanol–water partition coefficient (Wildman–Crippen LogP) is 1.75. The molecule has 0 spiro atoms. The lowest BCUT2D eigenvalue weighted by atomic mass is 9.98. The number of hydrogen-bond donors (Lipinski definition) is 0. The van der Waals surface area contributed by atoms with Crippen molar-refractivity contribution in [1.82, 2.24) is 0 Å². The van der Waals surface area contributed by atoms with E-state index in [-0.39, 0.29) is 6.42 Å². The fraction of sp³-hybridized carbons (Fsp3) is 0.182. The van der Waals surface area contributed by atoms with Crippen molar-refractivity contribution in [3.05, 3.63) is 34.4 Å². The summed E-state index contributed by atoms with van der Waals surface area (Å²) >= 11 is 0. The Morgan fingerprint density at radius 3 is 2.64 bits per heavy atom. The molecular formula is C11H8N2O. The summed E-state index contributed by atoms with van der Waals surface area (Å²) in [4.78, 5) is 10.7. The topological polar surface area (TPSA) is 64.7 Å². The van der Waals surface area contributed by atoms with Crippen molar-refractivity contribution in [2.75, 3.05) is 0 Å². The van der Waals surface area contributed by atoms with Crippen LogP contribution in [0.15, 0.2) is 12.1 Å². The van der Waals surface area contributed by atoms with Crippen molar-refractivity contribution in [3.63, 3.8) is 0 Å². The zero-order valence-corrected chi connectivity index (χ0v) is 7.74. The molecule has 0 atom stereocenters. The number of nitriles is 2. The quantitative estimate of drug-likeness (QED) is 0.657. The van der Waals surface area contributed by atoms with Crippen LogP contribution in [0.5, 0.6) is 0 Å². The van der Waals surface area contributed by atoms with E-state index in [9.17, 15) is 4.79 Å². The van der Waals surface area contributed by atoms with E-state index in [0.717, 1.165) is 11.1 Å². The highest BCUT2D eigenvalue weighted by Gasteiger charge is 2.05. The van der Waals surface area contributed by atoms with Crippen molar-refractivity contribution < 1.29 is 4.79 Å². The first-order chi connectivity index (χ1) is 6.72. The van der Waals surface area contributed by atoms with Gasteiger partial charge in [-0.05, 0) is 30.2 Å². The van der Waals surface area contributed by atoms with E-state index < -0.39 is 0 Å². The molecule has 0 N–H and O–H groups in total. The fourth-order valence-corrected chi connectivity index (χ4v) is 1.25. The lowest BCUT2D eigenvalue weighted by Crippen LogP contribution is -1.95. The zero-order valence-electron chi connectivity index (χ0n) is 7.74. The summed E-state index contributed by atoms with van der Waals surface area (Å²) in [7, 11) is 0. The van der Waals surface area contributed by atoms with Gasteiger partial charge in [0, 0.05) is 5.56 Å². The van der Waals surface area contributed by atoms with Gasteiger partial charge in [0.15, 0.2) is 0 Å². The molecule has 0 amide bonds. The van der Waals surface area contributed by atoms with Crippen molar-refractivity contribution in [2.24, 2.45) is 0 Å².